The molecule has 40 heavy (non-hydrogen) atoms. The minimum Gasteiger partial charge on any atom is -0.384 e. The summed E-state index contributed by atoms with van der Waals surface area (Å²) in [6, 6.07) is 13.1. The second-order valence-electron chi connectivity index (χ2n) is 9.89. The Morgan fingerprint density at radius 1 is 1.00 bits per heavy atom. The summed E-state index contributed by atoms with van der Waals surface area (Å²) < 4.78 is 25.2. The summed E-state index contributed by atoms with van der Waals surface area (Å²) >= 11 is 12.5. The van der Waals surface area contributed by atoms with E-state index in [0.29, 0.717) is 22.4 Å². The lowest BCUT2D eigenvalue weighted by atomic mass is 9.97. The monoisotopic (exact) mass is 619 g/mol. The van der Waals surface area contributed by atoms with Gasteiger partial charge in [-0.2, -0.15) is 0 Å². The van der Waals surface area contributed by atoms with Crippen LogP contribution in [0.3, 0.4) is 0 Å². The molecule has 0 bridgehead atoms. The van der Waals surface area contributed by atoms with Gasteiger partial charge in [0.2, 0.25) is 5.91 Å². The fourth-order valence-corrected chi connectivity index (χ4v) is 8.17. The van der Waals surface area contributed by atoms with Crippen LogP contribution in [0.25, 0.3) is 0 Å². The van der Waals surface area contributed by atoms with Gasteiger partial charge in [0.15, 0.2) is 15.6 Å². The molecule has 0 aliphatic carbocycles. The quantitative estimate of drug-likeness (QED) is 0.323. The van der Waals surface area contributed by atoms with Crippen molar-refractivity contribution in [3.05, 3.63) is 74.6 Å². The summed E-state index contributed by atoms with van der Waals surface area (Å²) in [5.74, 6) is -1.93. The number of carbonyl (C=O) groups is 3. The molecule has 2 amide bonds. The van der Waals surface area contributed by atoms with E-state index in [-0.39, 0.29) is 32.3 Å². The van der Waals surface area contributed by atoms with Gasteiger partial charge in [0, 0.05) is 30.8 Å². The number of likely N-dealkylation sites (tertiary alicyclic amines) is 1. The minimum absolute atomic E-state index is 0.0569. The number of carbonyl (C=O) groups excluding carboxylic acids is 3. The third-order valence-electron chi connectivity index (χ3n) is 6.96. The Balaban J connectivity index is 1.21. The normalized spacial score (nSPS) is 15.9. The zero-order valence-corrected chi connectivity index (χ0v) is 24.6. The number of fused-ring (bicyclic) bond motifs is 1. The van der Waals surface area contributed by atoms with Crippen LogP contribution in [0.1, 0.15) is 34.3 Å². The van der Waals surface area contributed by atoms with E-state index in [1.807, 2.05) is 12.1 Å². The topological polar surface area (TPSA) is 104 Å². The predicted octanol–water partition coefficient (Wildman–Crippen LogP) is 4.88. The highest BCUT2D eigenvalue weighted by molar-refractivity contribution is 7.94. The van der Waals surface area contributed by atoms with Gasteiger partial charge in [0.1, 0.15) is 14.3 Å². The Morgan fingerprint density at radius 2 is 1.73 bits per heavy atom. The molecule has 5 rings (SSSR count). The Hall–Kier alpha value is -2.76. The smallest absolute Gasteiger partial charge is 0.265 e. The molecule has 2 aliphatic heterocycles. The van der Waals surface area contributed by atoms with Gasteiger partial charge in [-0.25, -0.2) is 13.3 Å². The molecular formula is C28H27Cl2N3O5S2. The average molecular weight is 621 g/mol. The third kappa shape index (κ3) is 6.42. The Bertz CT molecular complexity index is 1550. The number of hydrogen-bond donors (Lipinski definition) is 1. The van der Waals surface area contributed by atoms with Crippen molar-refractivity contribution in [3.8, 4) is 0 Å². The number of amides is 2. The van der Waals surface area contributed by atoms with E-state index in [1.165, 1.54) is 18.9 Å². The van der Waals surface area contributed by atoms with Crippen molar-refractivity contribution < 1.29 is 22.8 Å². The summed E-state index contributed by atoms with van der Waals surface area (Å²) in [6.45, 7) is 4.01. The van der Waals surface area contributed by atoms with E-state index in [0.717, 1.165) is 48.1 Å². The van der Waals surface area contributed by atoms with Gasteiger partial charge in [-0.05, 0) is 73.5 Å². The van der Waals surface area contributed by atoms with E-state index < -0.39 is 27.3 Å². The molecule has 2 aliphatic rings. The van der Waals surface area contributed by atoms with Crippen LogP contribution in [-0.4, -0.2) is 62.8 Å². The molecule has 210 valence electrons. The molecule has 3 aromatic rings. The number of nitrogens with zero attached hydrogens (tertiary/aromatic N) is 2. The van der Waals surface area contributed by atoms with Crippen molar-refractivity contribution >= 4 is 73.3 Å². The number of ketones is 1. The first kappa shape index (κ1) is 28.8. The fourth-order valence-electron chi connectivity index (χ4n) is 4.96. The molecule has 1 saturated heterocycles. The molecule has 12 heteroatoms. The first-order valence-electron chi connectivity index (χ1n) is 12.9. The third-order valence-corrected chi connectivity index (χ3v) is 11.1. The number of benzene rings is 2. The lowest BCUT2D eigenvalue weighted by molar-refractivity contribution is -0.118. The zero-order valence-electron chi connectivity index (χ0n) is 21.5. The number of hydrogen-bond acceptors (Lipinski definition) is 8. The Labute approximate surface area is 246 Å². The number of anilines is 2. The summed E-state index contributed by atoms with van der Waals surface area (Å²) in [5, 5.41) is 3.52. The second-order valence-corrected chi connectivity index (χ2v) is 14.2. The fraction of sp³-hybridized carbons (Fsp3) is 0.321. The molecule has 0 saturated carbocycles. The zero-order chi connectivity index (χ0) is 28.4. The van der Waals surface area contributed by atoms with Crippen LogP contribution >= 0.6 is 34.5 Å². The number of nitrogens with one attached hydrogen (secondary N) is 1. The SMILES string of the molecule is O=C(Cc1ccc(N2C(=O)Cc3cc(NCCN4CCCC4)ccc3C2=O)cc1)CS(=O)(=O)c1cc(Cl)c(Cl)s1. The molecular weight excluding hydrogens is 593 g/mol. The number of imide groups is 1. The van der Waals surface area contributed by atoms with Crippen molar-refractivity contribution in [2.24, 2.45) is 0 Å². The van der Waals surface area contributed by atoms with Gasteiger partial charge in [-0.1, -0.05) is 35.3 Å². The van der Waals surface area contributed by atoms with Crippen LogP contribution in [0.4, 0.5) is 11.4 Å². The van der Waals surface area contributed by atoms with Gasteiger partial charge in [-0.3, -0.25) is 14.4 Å². The van der Waals surface area contributed by atoms with Crippen LogP contribution < -0.4 is 10.2 Å². The number of sulfone groups is 1. The molecule has 3 heterocycles. The lowest BCUT2D eigenvalue weighted by Crippen LogP contribution is -2.42. The van der Waals surface area contributed by atoms with Crippen LogP contribution in [-0.2, 0) is 32.3 Å². The van der Waals surface area contributed by atoms with Crippen LogP contribution in [0, 0.1) is 0 Å². The number of thiophene rings is 1. The lowest BCUT2D eigenvalue weighted by Gasteiger charge is -2.27. The van der Waals surface area contributed by atoms with Crippen LogP contribution in [0.15, 0.2) is 52.7 Å². The largest absolute Gasteiger partial charge is 0.384 e. The molecule has 1 N–H and O–H groups in total. The first-order valence-corrected chi connectivity index (χ1v) is 16.1. The number of rotatable bonds is 10. The van der Waals surface area contributed by atoms with E-state index in [4.69, 9.17) is 23.2 Å². The molecule has 0 spiro atoms. The molecule has 1 aromatic heterocycles. The molecule has 0 atom stereocenters. The number of halogens is 2. The van der Waals surface area contributed by atoms with E-state index in [1.54, 1.807) is 30.3 Å². The highest BCUT2D eigenvalue weighted by atomic mass is 35.5. The van der Waals surface area contributed by atoms with Crippen molar-refractivity contribution in [2.45, 2.75) is 29.9 Å². The van der Waals surface area contributed by atoms with Crippen molar-refractivity contribution in [3.63, 3.8) is 0 Å². The molecule has 1 fully saturated rings. The molecule has 0 radical (unpaired) electrons. The summed E-state index contributed by atoms with van der Waals surface area (Å²) in [6.07, 6.45) is 2.46. The first-order chi connectivity index (χ1) is 19.1. The van der Waals surface area contributed by atoms with Gasteiger partial charge < -0.3 is 10.2 Å². The van der Waals surface area contributed by atoms with E-state index in [2.05, 4.69) is 10.2 Å². The summed E-state index contributed by atoms with van der Waals surface area (Å²) in [5.41, 5.74) is 3.00. The van der Waals surface area contributed by atoms with E-state index in [9.17, 15) is 22.8 Å². The summed E-state index contributed by atoms with van der Waals surface area (Å²) in [7, 11) is -3.87. The maximum absolute atomic E-state index is 13.2. The van der Waals surface area contributed by atoms with Gasteiger partial charge in [0.05, 0.1) is 17.1 Å². The van der Waals surface area contributed by atoms with Crippen molar-refractivity contribution in [1.82, 2.24) is 4.90 Å². The van der Waals surface area contributed by atoms with Crippen LogP contribution in [0.5, 0.6) is 0 Å². The maximum atomic E-state index is 13.2. The molecule has 0 unspecified atom stereocenters. The Morgan fingerprint density at radius 3 is 2.40 bits per heavy atom. The summed E-state index contributed by atoms with van der Waals surface area (Å²) in [4.78, 5) is 42.3. The standard InChI is InChI=1S/C28H27Cl2N3O5S2/c29-24-16-26(39-27(24)30)40(37,38)17-22(34)13-18-3-6-21(7-4-18)33-25(35)15-19-14-20(5-8-23(19)28(33)36)31-9-12-32-10-1-2-11-32/h3-8,14,16,31H,1-2,9-13,15,17H2. The van der Waals surface area contributed by atoms with E-state index >= 15 is 0 Å². The highest BCUT2D eigenvalue weighted by Crippen LogP contribution is 2.35. The van der Waals surface area contributed by atoms with Gasteiger partial charge >= 0.3 is 0 Å². The minimum atomic E-state index is -3.87. The van der Waals surface area contributed by atoms with Gasteiger partial charge in [-0.15, -0.1) is 11.3 Å². The average Bonchev–Trinajstić information content (AvgIpc) is 3.54. The van der Waals surface area contributed by atoms with Crippen LogP contribution in [0.2, 0.25) is 9.36 Å². The number of Topliss-reactive ketones (excluding diaryl/α,β-unsaturated/α-hetero) is 1. The Kier molecular flexibility index (Phi) is 8.63. The van der Waals surface area contributed by atoms with Crippen molar-refractivity contribution in [2.75, 3.05) is 42.1 Å². The second kappa shape index (κ2) is 12.0. The maximum Gasteiger partial charge on any atom is 0.265 e. The van der Waals surface area contributed by atoms with Gasteiger partial charge in [0.25, 0.3) is 5.91 Å². The molecule has 8 nitrogen and oxygen atoms in total. The molecule has 2 aromatic carbocycles. The highest BCUT2D eigenvalue weighted by Gasteiger charge is 2.32. The predicted molar refractivity (Wildman–Crippen MR) is 158 cm³/mol. The van der Waals surface area contributed by atoms with Crippen molar-refractivity contribution in [1.29, 1.82) is 0 Å².